The average molecular weight is 466 g/mol. The minimum absolute atomic E-state index is 0.121. The molecule has 34 heavy (non-hydrogen) atoms. The number of likely N-dealkylation sites (tertiary alicyclic amines) is 1. The number of carbonyl (C=O) groups is 3. The van der Waals surface area contributed by atoms with Crippen molar-refractivity contribution in [2.75, 3.05) is 13.1 Å². The molecule has 0 saturated carbocycles. The second kappa shape index (κ2) is 9.50. The van der Waals surface area contributed by atoms with E-state index >= 15 is 0 Å². The SMILES string of the molecule is Cc1cc(C(=O)N2CCC3(CC2)CC(Cn2cnc4ccccc42)OC3=O)c(O)cn1.O=CO. The zero-order valence-electron chi connectivity index (χ0n) is 18.8. The van der Waals surface area contributed by atoms with Gasteiger partial charge in [0, 0.05) is 25.2 Å². The maximum absolute atomic E-state index is 12.9. The molecule has 2 aliphatic rings. The predicted octanol–water partition coefficient (Wildman–Crippen LogP) is 2.38. The fourth-order valence-corrected chi connectivity index (χ4v) is 4.75. The smallest absolute Gasteiger partial charge is 0.312 e. The maximum Gasteiger partial charge on any atom is 0.312 e. The van der Waals surface area contributed by atoms with E-state index in [0.29, 0.717) is 44.6 Å². The molecule has 0 aliphatic carbocycles. The number of benzene rings is 1. The summed E-state index contributed by atoms with van der Waals surface area (Å²) in [7, 11) is 0. The van der Waals surface area contributed by atoms with E-state index in [0.717, 1.165) is 11.0 Å². The molecule has 1 unspecified atom stereocenters. The molecule has 1 amide bonds. The Hall–Kier alpha value is -3.95. The Labute approximate surface area is 195 Å². The second-order valence-corrected chi connectivity index (χ2v) is 8.64. The highest BCUT2D eigenvalue weighted by atomic mass is 16.6. The normalized spacial score (nSPS) is 18.9. The standard InChI is InChI=1S/C23H24N4O4.CH2O2/c1-15-10-17(20(28)12-24-15)21(29)26-8-6-23(7-9-26)11-16(31-22(23)30)13-27-14-25-18-4-2-3-5-19(18)27;2-1-3/h2-5,10,12,14,16,28H,6-9,11,13H2,1H3;1H,(H,2,3). The van der Waals surface area contributed by atoms with Crippen LogP contribution in [0.3, 0.4) is 0 Å². The number of esters is 1. The number of nitrogens with zero attached hydrogens (tertiary/aromatic N) is 4. The summed E-state index contributed by atoms with van der Waals surface area (Å²) in [6.45, 7) is 3.01. The average Bonchev–Trinajstić information content (AvgIpc) is 3.37. The Morgan fingerprint density at radius 2 is 1.97 bits per heavy atom. The Balaban J connectivity index is 0.000000868. The van der Waals surface area contributed by atoms with Crippen LogP contribution in [0.25, 0.3) is 11.0 Å². The lowest BCUT2D eigenvalue weighted by atomic mass is 9.76. The Bertz CT molecular complexity index is 1220. The number of piperidine rings is 1. The molecule has 5 rings (SSSR count). The number of hydrogen-bond donors (Lipinski definition) is 2. The van der Waals surface area contributed by atoms with Crippen molar-refractivity contribution >= 4 is 29.4 Å². The van der Waals surface area contributed by atoms with Gasteiger partial charge >= 0.3 is 5.97 Å². The van der Waals surface area contributed by atoms with Crippen molar-refractivity contribution in [3.63, 3.8) is 0 Å². The van der Waals surface area contributed by atoms with E-state index in [1.54, 1.807) is 24.2 Å². The molecule has 3 aromatic rings. The number of aromatic nitrogens is 3. The first-order chi connectivity index (χ1) is 16.4. The molecule has 1 spiro atoms. The van der Waals surface area contributed by atoms with Gasteiger partial charge in [-0.1, -0.05) is 12.1 Å². The second-order valence-electron chi connectivity index (χ2n) is 8.64. The van der Waals surface area contributed by atoms with E-state index in [4.69, 9.17) is 14.6 Å². The first-order valence-electron chi connectivity index (χ1n) is 11.0. The summed E-state index contributed by atoms with van der Waals surface area (Å²) >= 11 is 0. The van der Waals surface area contributed by atoms with Gasteiger partial charge in [0.15, 0.2) is 0 Å². The third-order valence-electron chi connectivity index (χ3n) is 6.51. The van der Waals surface area contributed by atoms with E-state index in [9.17, 15) is 14.7 Å². The number of carbonyl (C=O) groups excluding carboxylic acids is 2. The molecular weight excluding hydrogens is 440 g/mol. The minimum Gasteiger partial charge on any atom is -0.505 e. The molecule has 2 N–H and O–H groups in total. The van der Waals surface area contributed by atoms with E-state index < -0.39 is 5.41 Å². The number of pyridine rings is 1. The number of hydrogen-bond acceptors (Lipinski definition) is 7. The highest BCUT2D eigenvalue weighted by Crippen LogP contribution is 2.44. The highest BCUT2D eigenvalue weighted by Gasteiger charge is 2.51. The van der Waals surface area contributed by atoms with Gasteiger partial charge in [0.1, 0.15) is 11.9 Å². The van der Waals surface area contributed by atoms with Crippen LogP contribution >= 0.6 is 0 Å². The molecule has 2 aliphatic heterocycles. The number of aryl methyl sites for hydroxylation is 1. The minimum atomic E-state index is -0.548. The van der Waals surface area contributed by atoms with Gasteiger partial charge in [-0.15, -0.1) is 0 Å². The number of aromatic hydroxyl groups is 1. The number of ether oxygens (including phenoxy) is 1. The van der Waals surface area contributed by atoms with Crippen LogP contribution in [0.4, 0.5) is 0 Å². The molecule has 1 aromatic carbocycles. The van der Waals surface area contributed by atoms with Crippen LogP contribution in [0.5, 0.6) is 5.75 Å². The van der Waals surface area contributed by atoms with Crippen LogP contribution in [0.1, 0.15) is 35.3 Å². The number of rotatable bonds is 3. The van der Waals surface area contributed by atoms with Crippen molar-refractivity contribution in [2.24, 2.45) is 5.41 Å². The van der Waals surface area contributed by atoms with Crippen LogP contribution in [-0.4, -0.2) is 67.2 Å². The number of fused-ring (bicyclic) bond motifs is 1. The van der Waals surface area contributed by atoms with Crippen molar-refractivity contribution in [2.45, 2.75) is 38.8 Å². The highest BCUT2D eigenvalue weighted by molar-refractivity contribution is 5.97. The lowest BCUT2D eigenvalue weighted by Crippen LogP contribution is -2.45. The van der Waals surface area contributed by atoms with Crippen molar-refractivity contribution < 1.29 is 29.3 Å². The summed E-state index contributed by atoms with van der Waals surface area (Å²) in [5.74, 6) is -0.522. The van der Waals surface area contributed by atoms with Crippen molar-refractivity contribution in [1.29, 1.82) is 0 Å². The van der Waals surface area contributed by atoms with E-state index in [1.807, 2.05) is 28.8 Å². The van der Waals surface area contributed by atoms with Gasteiger partial charge in [0.05, 0.1) is 41.1 Å². The van der Waals surface area contributed by atoms with Gasteiger partial charge in [-0.3, -0.25) is 19.4 Å². The third-order valence-corrected chi connectivity index (χ3v) is 6.51. The first kappa shape index (κ1) is 23.2. The van der Waals surface area contributed by atoms with Crippen LogP contribution < -0.4 is 0 Å². The molecule has 10 nitrogen and oxygen atoms in total. The predicted molar refractivity (Wildman–Crippen MR) is 121 cm³/mol. The van der Waals surface area contributed by atoms with E-state index in [1.165, 1.54) is 6.20 Å². The van der Waals surface area contributed by atoms with Gasteiger partial charge in [0.2, 0.25) is 0 Å². The molecule has 2 fully saturated rings. The van der Waals surface area contributed by atoms with Gasteiger partial charge in [-0.05, 0) is 38.0 Å². The summed E-state index contributed by atoms with van der Waals surface area (Å²) in [4.78, 5) is 44.1. The number of imidazole rings is 1. The van der Waals surface area contributed by atoms with Crippen molar-refractivity contribution in [3.8, 4) is 5.75 Å². The quantitative estimate of drug-likeness (QED) is 0.444. The lowest BCUT2D eigenvalue weighted by molar-refractivity contribution is -0.150. The van der Waals surface area contributed by atoms with Crippen molar-refractivity contribution in [3.05, 3.63) is 54.1 Å². The molecule has 4 heterocycles. The summed E-state index contributed by atoms with van der Waals surface area (Å²) in [6.07, 6.45) is 4.63. The number of para-hydroxylation sites is 2. The number of amides is 1. The van der Waals surface area contributed by atoms with Crippen LogP contribution in [0.2, 0.25) is 0 Å². The van der Waals surface area contributed by atoms with Crippen LogP contribution in [-0.2, 0) is 20.9 Å². The van der Waals surface area contributed by atoms with Crippen molar-refractivity contribution in [1.82, 2.24) is 19.4 Å². The summed E-state index contributed by atoms with van der Waals surface area (Å²) in [5, 5.41) is 16.9. The summed E-state index contributed by atoms with van der Waals surface area (Å²) in [5.41, 5.74) is 2.31. The molecule has 2 saturated heterocycles. The molecule has 10 heteroatoms. The number of cyclic esters (lactones) is 1. The Morgan fingerprint density at radius 3 is 2.71 bits per heavy atom. The maximum atomic E-state index is 12.9. The third kappa shape index (κ3) is 4.43. The largest absolute Gasteiger partial charge is 0.505 e. The Kier molecular flexibility index (Phi) is 6.49. The molecule has 178 valence electrons. The van der Waals surface area contributed by atoms with E-state index in [2.05, 4.69) is 9.97 Å². The molecular formula is C24H26N4O6. The zero-order valence-corrected chi connectivity index (χ0v) is 18.8. The fraction of sp³-hybridized carbons (Fsp3) is 0.375. The van der Waals surface area contributed by atoms with Gasteiger partial charge < -0.3 is 24.4 Å². The molecule has 0 bridgehead atoms. The van der Waals surface area contributed by atoms with Gasteiger partial charge in [-0.25, -0.2) is 4.98 Å². The summed E-state index contributed by atoms with van der Waals surface area (Å²) < 4.78 is 7.78. The van der Waals surface area contributed by atoms with Gasteiger partial charge in [0.25, 0.3) is 12.4 Å². The Morgan fingerprint density at radius 1 is 1.26 bits per heavy atom. The molecule has 0 radical (unpaired) electrons. The van der Waals surface area contributed by atoms with Crippen LogP contribution in [0.15, 0.2) is 42.9 Å². The fourth-order valence-electron chi connectivity index (χ4n) is 4.75. The molecule has 1 atom stereocenters. The van der Waals surface area contributed by atoms with Crippen LogP contribution in [0, 0.1) is 12.3 Å². The lowest BCUT2D eigenvalue weighted by Gasteiger charge is -2.36. The van der Waals surface area contributed by atoms with E-state index in [-0.39, 0.29) is 35.8 Å². The molecule has 2 aromatic heterocycles. The zero-order chi connectivity index (χ0) is 24.3. The van der Waals surface area contributed by atoms with Gasteiger partial charge in [-0.2, -0.15) is 0 Å². The monoisotopic (exact) mass is 466 g/mol. The topological polar surface area (TPSA) is 135 Å². The number of carboxylic acid groups (broad SMARTS) is 1. The first-order valence-corrected chi connectivity index (χ1v) is 11.0. The summed E-state index contributed by atoms with van der Waals surface area (Å²) in [6, 6.07) is 9.49.